The van der Waals surface area contributed by atoms with Gasteiger partial charge in [-0.2, -0.15) is 0 Å². The van der Waals surface area contributed by atoms with E-state index in [1.807, 2.05) is 36.1 Å². The van der Waals surface area contributed by atoms with Crippen LogP contribution in [0, 0.1) is 6.92 Å². The van der Waals surface area contributed by atoms with Crippen LogP contribution in [0.5, 0.6) is 5.75 Å². The molecule has 1 aliphatic rings. The molecule has 1 aliphatic heterocycles. The summed E-state index contributed by atoms with van der Waals surface area (Å²) in [7, 11) is 1.76. The number of nitrogens with one attached hydrogen (secondary N) is 2. The molecule has 0 unspecified atom stereocenters. The Labute approximate surface area is 196 Å². The minimum absolute atomic E-state index is 0. The molecule has 162 valence electrons. The van der Waals surface area contributed by atoms with Gasteiger partial charge >= 0.3 is 0 Å². The van der Waals surface area contributed by atoms with E-state index in [1.54, 1.807) is 7.05 Å². The molecule has 0 saturated carbocycles. The third kappa shape index (κ3) is 6.35. The molecule has 0 aliphatic carbocycles. The number of nitrogens with zero attached hydrogens (tertiary/aromatic N) is 2. The third-order valence-corrected chi connectivity index (χ3v) is 4.97. The Morgan fingerprint density at radius 2 is 1.87 bits per heavy atom. The first kappa shape index (κ1) is 24.0. The van der Waals surface area contributed by atoms with Crippen LogP contribution in [0.2, 0.25) is 0 Å². The minimum atomic E-state index is 0. The van der Waals surface area contributed by atoms with Crippen LogP contribution >= 0.6 is 24.0 Å². The predicted octanol–water partition coefficient (Wildman–Crippen LogP) is 4.00. The van der Waals surface area contributed by atoms with Gasteiger partial charge in [-0.05, 0) is 49.6 Å². The van der Waals surface area contributed by atoms with E-state index < -0.39 is 0 Å². The van der Waals surface area contributed by atoms with Crippen LogP contribution in [0.1, 0.15) is 36.5 Å². The molecular formula is C23H31IN4O2. The third-order valence-electron chi connectivity index (χ3n) is 4.97. The number of aryl methyl sites for hydroxylation is 1. The zero-order valence-electron chi connectivity index (χ0n) is 17.9. The fourth-order valence-corrected chi connectivity index (χ4v) is 3.40. The number of amides is 1. The Kier molecular flexibility index (Phi) is 9.42. The van der Waals surface area contributed by atoms with Crippen molar-refractivity contribution >= 4 is 41.5 Å². The van der Waals surface area contributed by atoms with Crippen LogP contribution in [-0.2, 0) is 17.9 Å². The summed E-state index contributed by atoms with van der Waals surface area (Å²) >= 11 is 0. The van der Waals surface area contributed by atoms with Crippen molar-refractivity contribution in [1.82, 2.24) is 10.6 Å². The molecule has 0 atom stereocenters. The molecule has 1 heterocycles. The standard InChI is InChI=1S/C23H30N4O2.HI/c1-4-29-21-14-17(2)7-10-19(21)16-26-23(24-3)25-15-18-8-11-20(12-9-18)27-13-5-6-22(27)28;/h7-12,14H,4-6,13,15-16H2,1-3H3,(H2,24,25,26);1H. The molecule has 1 amide bonds. The van der Waals surface area contributed by atoms with Gasteiger partial charge in [0.1, 0.15) is 5.75 Å². The average molecular weight is 522 g/mol. The lowest BCUT2D eigenvalue weighted by Crippen LogP contribution is -2.36. The van der Waals surface area contributed by atoms with E-state index in [9.17, 15) is 4.79 Å². The van der Waals surface area contributed by atoms with E-state index in [0.717, 1.165) is 41.5 Å². The van der Waals surface area contributed by atoms with E-state index >= 15 is 0 Å². The number of carbonyl (C=O) groups excluding carboxylic acids is 1. The van der Waals surface area contributed by atoms with Crippen molar-refractivity contribution in [2.75, 3.05) is 25.1 Å². The van der Waals surface area contributed by atoms with Gasteiger partial charge in [-0.3, -0.25) is 9.79 Å². The number of benzene rings is 2. The van der Waals surface area contributed by atoms with Crippen LogP contribution in [0.4, 0.5) is 5.69 Å². The summed E-state index contributed by atoms with van der Waals surface area (Å²) in [6, 6.07) is 14.3. The number of hydrogen-bond donors (Lipinski definition) is 2. The summed E-state index contributed by atoms with van der Waals surface area (Å²) in [4.78, 5) is 18.0. The predicted molar refractivity (Wildman–Crippen MR) is 133 cm³/mol. The lowest BCUT2D eigenvalue weighted by atomic mass is 10.1. The maximum absolute atomic E-state index is 11.9. The maximum Gasteiger partial charge on any atom is 0.227 e. The number of aliphatic imine (C=N–C) groups is 1. The first-order valence-corrected chi connectivity index (χ1v) is 10.2. The molecule has 1 saturated heterocycles. The lowest BCUT2D eigenvalue weighted by Gasteiger charge is -2.17. The summed E-state index contributed by atoms with van der Waals surface area (Å²) < 4.78 is 5.75. The van der Waals surface area contributed by atoms with Gasteiger partial charge in [0.2, 0.25) is 5.91 Å². The van der Waals surface area contributed by atoms with Gasteiger partial charge in [-0.25, -0.2) is 0 Å². The van der Waals surface area contributed by atoms with Crippen molar-refractivity contribution in [2.24, 2.45) is 4.99 Å². The molecule has 3 rings (SSSR count). The monoisotopic (exact) mass is 522 g/mol. The van der Waals surface area contributed by atoms with Crippen LogP contribution in [0.3, 0.4) is 0 Å². The zero-order valence-corrected chi connectivity index (χ0v) is 20.2. The van der Waals surface area contributed by atoms with Crippen molar-refractivity contribution < 1.29 is 9.53 Å². The highest BCUT2D eigenvalue weighted by molar-refractivity contribution is 14.0. The largest absolute Gasteiger partial charge is 0.494 e. The fourth-order valence-electron chi connectivity index (χ4n) is 3.40. The van der Waals surface area contributed by atoms with Crippen LogP contribution in [-0.4, -0.2) is 32.1 Å². The summed E-state index contributed by atoms with van der Waals surface area (Å²) in [6.45, 7) is 6.79. The number of anilines is 1. The Morgan fingerprint density at radius 3 is 2.50 bits per heavy atom. The van der Waals surface area contributed by atoms with Crippen molar-refractivity contribution in [3.05, 3.63) is 59.2 Å². The number of ether oxygens (including phenoxy) is 1. The van der Waals surface area contributed by atoms with Crippen molar-refractivity contribution in [2.45, 2.75) is 39.8 Å². The molecule has 0 aromatic heterocycles. The normalized spacial score (nSPS) is 13.8. The Balaban J connectivity index is 0.00000320. The topological polar surface area (TPSA) is 66.0 Å². The fraction of sp³-hybridized carbons (Fsp3) is 0.391. The van der Waals surface area contributed by atoms with Gasteiger partial charge in [0.25, 0.3) is 0 Å². The Bertz CT molecular complexity index is 868. The van der Waals surface area contributed by atoms with Crippen LogP contribution in [0.15, 0.2) is 47.5 Å². The summed E-state index contributed by atoms with van der Waals surface area (Å²) in [5, 5.41) is 6.68. The van der Waals surface area contributed by atoms with E-state index in [-0.39, 0.29) is 29.9 Å². The number of halogens is 1. The summed E-state index contributed by atoms with van der Waals surface area (Å²) in [5.74, 6) is 1.84. The van der Waals surface area contributed by atoms with E-state index in [2.05, 4.69) is 40.7 Å². The molecule has 0 radical (unpaired) electrons. The highest BCUT2D eigenvalue weighted by Crippen LogP contribution is 2.22. The zero-order chi connectivity index (χ0) is 20.6. The number of rotatable bonds is 7. The van der Waals surface area contributed by atoms with Crippen LogP contribution < -0.4 is 20.3 Å². The maximum atomic E-state index is 11.9. The van der Waals surface area contributed by atoms with E-state index in [4.69, 9.17) is 4.74 Å². The smallest absolute Gasteiger partial charge is 0.227 e. The van der Waals surface area contributed by atoms with Crippen molar-refractivity contribution in [1.29, 1.82) is 0 Å². The molecule has 1 fully saturated rings. The van der Waals surface area contributed by atoms with Gasteiger partial charge in [-0.1, -0.05) is 24.3 Å². The van der Waals surface area contributed by atoms with Gasteiger partial charge in [0, 0.05) is 44.4 Å². The second-order valence-corrected chi connectivity index (χ2v) is 7.14. The number of guanidine groups is 1. The van der Waals surface area contributed by atoms with E-state index in [1.165, 1.54) is 5.56 Å². The molecule has 0 spiro atoms. The molecule has 2 N–H and O–H groups in total. The highest BCUT2D eigenvalue weighted by Gasteiger charge is 2.21. The molecule has 0 bridgehead atoms. The molecule has 30 heavy (non-hydrogen) atoms. The second-order valence-electron chi connectivity index (χ2n) is 7.14. The summed E-state index contributed by atoms with van der Waals surface area (Å²) in [5.41, 5.74) is 4.38. The summed E-state index contributed by atoms with van der Waals surface area (Å²) in [6.07, 6.45) is 1.59. The molecule has 2 aromatic carbocycles. The van der Waals surface area contributed by atoms with Gasteiger partial charge < -0.3 is 20.3 Å². The average Bonchev–Trinajstić information content (AvgIpc) is 3.16. The lowest BCUT2D eigenvalue weighted by molar-refractivity contribution is -0.117. The molecule has 7 heteroatoms. The van der Waals surface area contributed by atoms with E-state index in [0.29, 0.717) is 26.1 Å². The Morgan fingerprint density at radius 1 is 1.13 bits per heavy atom. The molecule has 2 aromatic rings. The van der Waals surface area contributed by atoms with Gasteiger partial charge in [-0.15, -0.1) is 24.0 Å². The SMILES string of the molecule is CCOc1cc(C)ccc1CNC(=NC)NCc1ccc(N2CCCC2=O)cc1.I. The van der Waals surface area contributed by atoms with Gasteiger partial charge in [0.15, 0.2) is 5.96 Å². The first-order valence-electron chi connectivity index (χ1n) is 10.2. The number of hydrogen-bond acceptors (Lipinski definition) is 3. The van der Waals surface area contributed by atoms with Gasteiger partial charge in [0.05, 0.1) is 6.61 Å². The molecular weight excluding hydrogens is 491 g/mol. The van der Waals surface area contributed by atoms with Crippen molar-refractivity contribution in [3.8, 4) is 5.75 Å². The highest BCUT2D eigenvalue weighted by atomic mass is 127. The number of carbonyl (C=O) groups is 1. The molecule has 6 nitrogen and oxygen atoms in total. The van der Waals surface area contributed by atoms with Crippen molar-refractivity contribution in [3.63, 3.8) is 0 Å². The minimum Gasteiger partial charge on any atom is -0.494 e. The first-order chi connectivity index (χ1) is 14.1. The van der Waals surface area contributed by atoms with Crippen LogP contribution in [0.25, 0.3) is 0 Å². The Hall–Kier alpha value is -2.29. The quantitative estimate of drug-likeness (QED) is 0.328. The second kappa shape index (κ2) is 11.8.